The van der Waals surface area contributed by atoms with Crippen LogP contribution in [0.4, 0.5) is 5.69 Å². The smallest absolute Gasteiger partial charge is 0.258 e. The minimum atomic E-state index is 0.498. The molecule has 0 bridgehead atoms. The molecular formula is C14H14N4OS. The van der Waals surface area contributed by atoms with Crippen LogP contribution in [0, 0.1) is 13.8 Å². The molecule has 102 valence electrons. The topological polar surface area (TPSA) is 77.8 Å². The Hall–Kier alpha value is -2.21. The SMILES string of the molecule is Cc1csc(Cc2noc(-c3cccc(N)c3C)n2)n1. The maximum Gasteiger partial charge on any atom is 0.258 e. The fourth-order valence-electron chi connectivity index (χ4n) is 1.94. The second-order valence-electron chi connectivity index (χ2n) is 4.59. The van der Waals surface area contributed by atoms with E-state index in [1.165, 1.54) is 0 Å². The van der Waals surface area contributed by atoms with Gasteiger partial charge in [-0.3, -0.25) is 0 Å². The summed E-state index contributed by atoms with van der Waals surface area (Å²) in [5.74, 6) is 1.13. The molecule has 3 aromatic rings. The molecule has 2 N–H and O–H groups in total. The highest BCUT2D eigenvalue weighted by atomic mass is 32.1. The first kappa shape index (κ1) is 12.8. The lowest BCUT2D eigenvalue weighted by Gasteiger charge is -2.02. The molecule has 2 heterocycles. The predicted octanol–water partition coefficient (Wildman–Crippen LogP) is 2.98. The number of anilines is 1. The first-order valence-corrected chi connectivity index (χ1v) is 7.10. The molecule has 0 amide bonds. The molecular weight excluding hydrogens is 272 g/mol. The van der Waals surface area contributed by atoms with Gasteiger partial charge in [0.15, 0.2) is 5.82 Å². The van der Waals surface area contributed by atoms with Crippen molar-refractivity contribution in [3.05, 3.63) is 45.7 Å². The van der Waals surface area contributed by atoms with Crippen LogP contribution in [0.1, 0.15) is 22.1 Å². The summed E-state index contributed by atoms with van der Waals surface area (Å²) in [5.41, 5.74) is 9.45. The largest absolute Gasteiger partial charge is 0.398 e. The molecule has 2 aromatic heterocycles. The van der Waals surface area contributed by atoms with Gasteiger partial charge in [-0.1, -0.05) is 11.2 Å². The van der Waals surface area contributed by atoms with E-state index < -0.39 is 0 Å². The summed E-state index contributed by atoms with van der Waals surface area (Å²) in [4.78, 5) is 8.82. The van der Waals surface area contributed by atoms with Crippen molar-refractivity contribution >= 4 is 17.0 Å². The fourth-order valence-corrected chi connectivity index (χ4v) is 2.71. The molecule has 0 aliphatic rings. The fraction of sp³-hybridized carbons (Fsp3) is 0.214. The number of thiazole rings is 1. The Morgan fingerprint density at radius 1 is 1.25 bits per heavy atom. The van der Waals surface area contributed by atoms with E-state index in [-0.39, 0.29) is 0 Å². The van der Waals surface area contributed by atoms with Crippen molar-refractivity contribution in [3.8, 4) is 11.5 Å². The zero-order valence-electron chi connectivity index (χ0n) is 11.3. The summed E-state index contributed by atoms with van der Waals surface area (Å²) in [6.45, 7) is 3.91. The van der Waals surface area contributed by atoms with Gasteiger partial charge in [-0.05, 0) is 31.5 Å². The minimum absolute atomic E-state index is 0.498. The first-order chi connectivity index (χ1) is 9.63. The number of aryl methyl sites for hydroxylation is 1. The molecule has 0 aliphatic heterocycles. The molecule has 0 atom stereocenters. The van der Waals surface area contributed by atoms with Gasteiger partial charge in [0.25, 0.3) is 5.89 Å². The van der Waals surface area contributed by atoms with Gasteiger partial charge < -0.3 is 10.3 Å². The third-order valence-corrected chi connectivity index (χ3v) is 4.02. The Bertz CT molecular complexity index is 747. The molecule has 0 unspecified atom stereocenters. The van der Waals surface area contributed by atoms with Crippen LogP contribution in [0.15, 0.2) is 28.1 Å². The first-order valence-electron chi connectivity index (χ1n) is 6.22. The van der Waals surface area contributed by atoms with Crippen molar-refractivity contribution in [2.24, 2.45) is 0 Å². The Balaban J connectivity index is 1.88. The van der Waals surface area contributed by atoms with Crippen molar-refractivity contribution in [1.82, 2.24) is 15.1 Å². The standard InChI is InChI=1S/C14H14N4OS/c1-8-7-20-13(16-8)6-12-17-14(19-18-12)10-4-3-5-11(15)9(10)2/h3-5,7H,6,15H2,1-2H3. The van der Waals surface area contributed by atoms with Crippen LogP contribution in [-0.4, -0.2) is 15.1 Å². The molecule has 20 heavy (non-hydrogen) atoms. The van der Waals surface area contributed by atoms with E-state index in [0.29, 0.717) is 18.1 Å². The Labute approximate surface area is 120 Å². The summed E-state index contributed by atoms with van der Waals surface area (Å²) >= 11 is 1.60. The molecule has 3 rings (SSSR count). The molecule has 0 saturated heterocycles. The van der Waals surface area contributed by atoms with E-state index in [4.69, 9.17) is 10.3 Å². The number of hydrogen-bond donors (Lipinski definition) is 1. The molecule has 0 spiro atoms. The van der Waals surface area contributed by atoms with Gasteiger partial charge in [0.05, 0.1) is 6.42 Å². The highest BCUT2D eigenvalue weighted by molar-refractivity contribution is 7.09. The molecule has 0 fully saturated rings. The van der Waals surface area contributed by atoms with Crippen LogP contribution in [0.25, 0.3) is 11.5 Å². The third kappa shape index (κ3) is 2.42. The molecule has 6 heteroatoms. The summed E-state index contributed by atoms with van der Waals surface area (Å²) in [6.07, 6.45) is 0.587. The Morgan fingerprint density at radius 2 is 2.10 bits per heavy atom. The number of aromatic nitrogens is 3. The van der Waals surface area contributed by atoms with Gasteiger partial charge in [0.2, 0.25) is 0 Å². The van der Waals surface area contributed by atoms with Crippen LogP contribution in [0.5, 0.6) is 0 Å². The minimum Gasteiger partial charge on any atom is -0.398 e. The number of nitrogens with zero attached hydrogens (tertiary/aromatic N) is 3. The molecule has 0 aliphatic carbocycles. The number of benzene rings is 1. The zero-order valence-corrected chi connectivity index (χ0v) is 12.1. The van der Waals surface area contributed by atoms with E-state index in [1.807, 2.05) is 37.4 Å². The highest BCUT2D eigenvalue weighted by Gasteiger charge is 2.13. The maximum absolute atomic E-state index is 5.89. The summed E-state index contributed by atoms with van der Waals surface area (Å²) in [7, 11) is 0. The molecule has 0 saturated carbocycles. The van der Waals surface area contributed by atoms with Gasteiger partial charge in [-0.15, -0.1) is 11.3 Å². The normalized spacial score (nSPS) is 10.9. The maximum atomic E-state index is 5.89. The molecule has 5 nitrogen and oxygen atoms in total. The van der Waals surface area contributed by atoms with Gasteiger partial charge in [-0.2, -0.15) is 4.98 Å². The lowest BCUT2D eigenvalue weighted by atomic mass is 10.1. The monoisotopic (exact) mass is 286 g/mol. The number of nitrogen functional groups attached to an aromatic ring is 1. The van der Waals surface area contributed by atoms with Crippen molar-refractivity contribution in [2.75, 3.05) is 5.73 Å². The summed E-state index contributed by atoms with van der Waals surface area (Å²) < 4.78 is 5.33. The van der Waals surface area contributed by atoms with E-state index in [2.05, 4.69) is 15.1 Å². The van der Waals surface area contributed by atoms with Crippen LogP contribution in [0.3, 0.4) is 0 Å². The van der Waals surface area contributed by atoms with Crippen molar-refractivity contribution in [3.63, 3.8) is 0 Å². The number of nitrogens with two attached hydrogens (primary N) is 1. The van der Waals surface area contributed by atoms with Gasteiger partial charge in [0, 0.05) is 22.3 Å². The zero-order chi connectivity index (χ0) is 14.1. The average Bonchev–Trinajstić information content (AvgIpc) is 3.03. The van der Waals surface area contributed by atoms with Crippen LogP contribution in [-0.2, 0) is 6.42 Å². The lowest BCUT2D eigenvalue weighted by molar-refractivity contribution is 0.423. The van der Waals surface area contributed by atoms with E-state index in [0.717, 1.165) is 27.5 Å². The second-order valence-corrected chi connectivity index (χ2v) is 5.54. The average molecular weight is 286 g/mol. The summed E-state index contributed by atoms with van der Waals surface area (Å²) in [6, 6.07) is 5.66. The van der Waals surface area contributed by atoms with Crippen LogP contribution < -0.4 is 5.73 Å². The van der Waals surface area contributed by atoms with Crippen molar-refractivity contribution in [2.45, 2.75) is 20.3 Å². The Morgan fingerprint density at radius 3 is 2.85 bits per heavy atom. The highest BCUT2D eigenvalue weighted by Crippen LogP contribution is 2.26. The van der Waals surface area contributed by atoms with E-state index in [1.54, 1.807) is 11.3 Å². The third-order valence-electron chi connectivity index (χ3n) is 3.05. The van der Waals surface area contributed by atoms with Gasteiger partial charge in [0.1, 0.15) is 5.01 Å². The van der Waals surface area contributed by atoms with E-state index in [9.17, 15) is 0 Å². The van der Waals surface area contributed by atoms with Crippen LogP contribution >= 0.6 is 11.3 Å². The van der Waals surface area contributed by atoms with Gasteiger partial charge >= 0.3 is 0 Å². The molecule has 1 aromatic carbocycles. The van der Waals surface area contributed by atoms with Crippen molar-refractivity contribution in [1.29, 1.82) is 0 Å². The van der Waals surface area contributed by atoms with E-state index >= 15 is 0 Å². The molecule has 0 radical (unpaired) electrons. The lowest BCUT2D eigenvalue weighted by Crippen LogP contribution is -1.93. The number of rotatable bonds is 3. The predicted molar refractivity (Wildman–Crippen MR) is 78.5 cm³/mol. The number of hydrogen-bond acceptors (Lipinski definition) is 6. The summed E-state index contributed by atoms with van der Waals surface area (Å²) in [5, 5.41) is 7.01. The Kier molecular flexibility index (Phi) is 3.23. The van der Waals surface area contributed by atoms with Crippen LogP contribution in [0.2, 0.25) is 0 Å². The van der Waals surface area contributed by atoms with Gasteiger partial charge in [-0.25, -0.2) is 4.98 Å². The quantitative estimate of drug-likeness (QED) is 0.749. The van der Waals surface area contributed by atoms with Crippen molar-refractivity contribution < 1.29 is 4.52 Å². The second kappa shape index (κ2) is 5.05.